The lowest BCUT2D eigenvalue weighted by Crippen LogP contribution is -2.40. The number of carbonyl (C=O) groups is 1. The van der Waals surface area contributed by atoms with Gasteiger partial charge in [-0.05, 0) is 18.9 Å². The number of anilines is 1. The Morgan fingerprint density at radius 2 is 2.35 bits per heavy atom. The Labute approximate surface area is 101 Å². The maximum Gasteiger partial charge on any atom is 0.240 e. The first-order valence-corrected chi connectivity index (χ1v) is 5.98. The van der Waals surface area contributed by atoms with Crippen LogP contribution < -0.4 is 10.6 Å². The van der Waals surface area contributed by atoms with Gasteiger partial charge in [0, 0.05) is 18.7 Å². The third-order valence-electron chi connectivity index (χ3n) is 3.05. The van der Waals surface area contributed by atoms with Crippen molar-refractivity contribution in [2.24, 2.45) is 5.73 Å². The largest absolute Gasteiger partial charge is 0.368 e. The third kappa shape index (κ3) is 2.38. The molecule has 1 aromatic heterocycles. The van der Waals surface area contributed by atoms with Gasteiger partial charge in [0.25, 0.3) is 0 Å². The Hall–Kier alpha value is -1.65. The minimum Gasteiger partial charge on any atom is -0.368 e. The van der Waals surface area contributed by atoms with Crippen molar-refractivity contribution in [1.82, 2.24) is 9.97 Å². The zero-order chi connectivity index (χ0) is 12.4. The number of amides is 1. The molecular formula is C12H18N4O. The Balaban J connectivity index is 2.27. The Morgan fingerprint density at radius 3 is 3.00 bits per heavy atom. The molecule has 0 aliphatic carbocycles. The molecular weight excluding hydrogens is 216 g/mol. The van der Waals surface area contributed by atoms with Crippen LogP contribution >= 0.6 is 0 Å². The third-order valence-corrected chi connectivity index (χ3v) is 3.05. The molecule has 17 heavy (non-hydrogen) atoms. The highest BCUT2D eigenvalue weighted by molar-refractivity contribution is 5.83. The number of rotatable bonds is 3. The lowest BCUT2D eigenvalue weighted by molar-refractivity contribution is -0.119. The zero-order valence-corrected chi connectivity index (χ0v) is 10.3. The van der Waals surface area contributed by atoms with Crippen molar-refractivity contribution >= 4 is 11.7 Å². The van der Waals surface area contributed by atoms with Crippen LogP contribution in [0.5, 0.6) is 0 Å². The highest BCUT2D eigenvalue weighted by Gasteiger charge is 2.30. The number of hydrogen-bond acceptors (Lipinski definition) is 4. The van der Waals surface area contributed by atoms with Gasteiger partial charge in [-0.3, -0.25) is 4.79 Å². The van der Waals surface area contributed by atoms with Gasteiger partial charge in [-0.2, -0.15) is 0 Å². The summed E-state index contributed by atoms with van der Waals surface area (Å²) in [7, 11) is 0. The first-order valence-electron chi connectivity index (χ1n) is 5.98. The highest BCUT2D eigenvalue weighted by atomic mass is 16.1. The fourth-order valence-corrected chi connectivity index (χ4v) is 2.14. The fraction of sp³-hybridized carbons (Fsp3) is 0.583. The number of nitrogens with zero attached hydrogens (tertiary/aromatic N) is 3. The van der Waals surface area contributed by atoms with Crippen LogP contribution in [0.25, 0.3) is 0 Å². The SMILES string of the molecule is CC(C)c1nccc(N2CCCC2C(N)=O)n1. The molecule has 0 bridgehead atoms. The lowest BCUT2D eigenvalue weighted by atomic mass is 10.2. The molecule has 2 rings (SSSR count). The van der Waals surface area contributed by atoms with E-state index in [9.17, 15) is 4.79 Å². The summed E-state index contributed by atoms with van der Waals surface area (Å²) in [5, 5.41) is 0. The standard InChI is InChI=1S/C12H18N4O/c1-8(2)12-14-6-5-10(15-12)16-7-3-4-9(16)11(13)17/h5-6,8-9H,3-4,7H2,1-2H3,(H2,13,17). The van der Waals surface area contributed by atoms with E-state index in [2.05, 4.69) is 23.8 Å². The van der Waals surface area contributed by atoms with Gasteiger partial charge in [0.05, 0.1) is 0 Å². The van der Waals surface area contributed by atoms with Crippen LogP contribution in [0, 0.1) is 0 Å². The van der Waals surface area contributed by atoms with Crippen LogP contribution in [0.15, 0.2) is 12.3 Å². The van der Waals surface area contributed by atoms with Gasteiger partial charge in [0.2, 0.25) is 5.91 Å². The second-order valence-electron chi connectivity index (χ2n) is 4.68. The van der Waals surface area contributed by atoms with E-state index < -0.39 is 0 Å². The van der Waals surface area contributed by atoms with Crippen LogP contribution in [-0.4, -0.2) is 28.5 Å². The molecule has 1 atom stereocenters. The van der Waals surface area contributed by atoms with E-state index in [0.29, 0.717) is 0 Å². The van der Waals surface area contributed by atoms with Crippen molar-refractivity contribution in [2.45, 2.75) is 38.6 Å². The van der Waals surface area contributed by atoms with E-state index >= 15 is 0 Å². The predicted octanol–water partition coefficient (Wildman–Crippen LogP) is 1.05. The summed E-state index contributed by atoms with van der Waals surface area (Å²) in [4.78, 5) is 22.0. The van der Waals surface area contributed by atoms with Crippen molar-refractivity contribution in [3.05, 3.63) is 18.1 Å². The summed E-state index contributed by atoms with van der Waals surface area (Å²) < 4.78 is 0. The van der Waals surface area contributed by atoms with Gasteiger partial charge < -0.3 is 10.6 Å². The molecule has 1 saturated heterocycles. The normalized spacial score (nSPS) is 19.9. The number of nitrogens with two attached hydrogens (primary N) is 1. The van der Waals surface area contributed by atoms with Crippen LogP contribution in [0.4, 0.5) is 5.82 Å². The molecule has 1 unspecified atom stereocenters. The van der Waals surface area contributed by atoms with Crippen molar-refractivity contribution in [3.8, 4) is 0 Å². The molecule has 5 nitrogen and oxygen atoms in total. The van der Waals surface area contributed by atoms with E-state index in [-0.39, 0.29) is 17.9 Å². The lowest BCUT2D eigenvalue weighted by Gasteiger charge is -2.23. The molecule has 2 heterocycles. The first-order chi connectivity index (χ1) is 8.09. The van der Waals surface area contributed by atoms with Gasteiger partial charge in [-0.25, -0.2) is 9.97 Å². The van der Waals surface area contributed by atoms with Gasteiger partial charge in [-0.15, -0.1) is 0 Å². The second kappa shape index (κ2) is 4.69. The summed E-state index contributed by atoms with van der Waals surface area (Å²) in [6.45, 7) is 4.94. The summed E-state index contributed by atoms with van der Waals surface area (Å²) in [5.41, 5.74) is 5.40. The molecule has 1 aliphatic heterocycles. The second-order valence-corrected chi connectivity index (χ2v) is 4.68. The highest BCUT2D eigenvalue weighted by Crippen LogP contribution is 2.24. The molecule has 1 aliphatic rings. The van der Waals surface area contributed by atoms with Gasteiger partial charge in [0.1, 0.15) is 17.7 Å². The number of aromatic nitrogens is 2. The Morgan fingerprint density at radius 1 is 1.59 bits per heavy atom. The van der Waals surface area contributed by atoms with E-state index in [4.69, 9.17) is 5.73 Å². The molecule has 1 fully saturated rings. The maximum absolute atomic E-state index is 11.3. The van der Waals surface area contributed by atoms with Crippen LogP contribution in [-0.2, 0) is 4.79 Å². The fourth-order valence-electron chi connectivity index (χ4n) is 2.14. The topological polar surface area (TPSA) is 72.1 Å². The smallest absolute Gasteiger partial charge is 0.240 e. The molecule has 1 aromatic rings. The molecule has 1 amide bonds. The first kappa shape index (κ1) is 11.8. The predicted molar refractivity (Wildman–Crippen MR) is 65.7 cm³/mol. The van der Waals surface area contributed by atoms with E-state index in [1.54, 1.807) is 6.20 Å². The van der Waals surface area contributed by atoms with Crippen LogP contribution in [0.2, 0.25) is 0 Å². The van der Waals surface area contributed by atoms with Crippen LogP contribution in [0.1, 0.15) is 38.4 Å². The van der Waals surface area contributed by atoms with E-state index in [1.165, 1.54) is 0 Å². The average Bonchev–Trinajstić information content (AvgIpc) is 2.78. The average molecular weight is 234 g/mol. The maximum atomic E-state index is 11.3. The molecule has 0 aromatic carbocycles. The van der Waals surface area contributed by atoms with Gasteiger partial charge >= 0.3 is 0 Å². The Kier molecular flexibility index (Phi) is 3.26. The Bertz CT molecular complexity index is 419. The molecule has 2 N–H and O–H groups in total. The molecule has 0 saturated carbocycles. The monoisotopic (exact) mass is 234 g/mol. The molecule has 5 heteroatoms. The van der Waals surface area contributed by atoms with Crippen LogP contribution in [0.3, 0.4) is 0 Å². The van der Waals surface area contributed by atoms with Crippen molar-refractivity contribution in [2.75, 3.05) is 11.4 Å². The molecule has 92 valence electrons. The van der Waals surface area contributed by atoms with Crippen molar-refractivity contribution in [1.29, 1.82) is 0 Å². The number of primary amides is 1. The molecule has 0 spiro atoms. The summed E-state index contributed by atoms with van der Waals surface area (Å²) in [5.74, 6) is 1.62. The molecule has 0 radical (unpaired) electrons. The summed E-state index contributed by atoms with van der Waals surface area (Å²) >= 11 is 0. The van der Waals surface area contributed by atoms with Gasteiger partial charge in [-0.1, -0.05) is 13.8 Å². The minimum atomic E-state index is -0.271. The van der Waals surface area contributed by atoms with E-state index in [1.807, 2.05) is 11.0 Å². The number of carbonyl (C=O) groups excluding carboxylic acids is 1. The summed E-state index contributed by atoms with van der Waals surface area (Å²) in [6, 6.07) is 1.62. The van der Waals surface area contributed by atoms with E-state index in [0.717, 1.165) is 31.0 Å². The zero-order valence-electron chi connectivity index (χ0n) is 10.3. The summed E-state index contributed by atoms with van der Waals surface area (Å²) in [6.07, 6.45) is 3.54. The quantitative estimate of drug-likeness (QED) is 0.848. The van der Waals surface area contributed by atoms with Crippen molar-refractivity contribution in [3.63, 3.8) is 0 Å². The number of hydrogen-bond donors (Lipinski definition) is 1. The van der Waals surface area contributed by atoms with Crippen molar-refractivity contribution < 1.29 is 4.79 Å². The van der Waals surface area contributed by atoms with Gasteiger partial charge in [0.15, 0.2) is 0 Å². The minimum absolute atomic E-state index is 0.218.